The molecule has 0 aliphatic carbocycles. The van der Waals surface area contributed by atoms with Crippen LogP contribution in [0.15, 0.2) is 10.5 Å². The molecule has 0 saturated carbocycles. The second-order valence-corrected chi connectivity index (χ2v) is 4.93. The van der Waals surface area contributed by atoms with E-state index in [1.807, 2.05) is 0 Å². The number of hydrogen-bond donors (Lipinski definition) is 2. The van der Waals surface area contributed by atoms with Gasteiger partial charge in [0.25, 0.3) is 0 Å². The largest absolute Gasteiger partial charge is 0.504 e. The smallest absolute Gasteiger partial charge is 0.163 e. The van der Waals surface area contributed by atoms with Gasteiger partial charge in [-0.1, -0.05) is 6.42 Å². The van der Waals surface area contributed by atoms with Crippen LogP contribution < -0.4 is 10.1 Å². The first-order chi connectivity index (χ1) is 8.15. The first-order valence-corrected chi connectivity index (χ1v) is 6.42. The third kappa shape index (κ3) is 2.40. The summed E-state index contributed by atoms with van der Waals surface area (Å²) in [6, 6.07) is 1.16. The first kappa shape index (κ1) is 12.6. The number of ether oxygens (including phenoxy) is 1. The van der Waals surface area contributed by atoms with E-state index in [1.165, 1.54) is 13.2 Å². The molecule has 1 fully saturated rings. The number of halogens is 2. The van der Waals surface area contributed by atoms with Crippen molar-refractivity contribution < 1.29 is 14.2 Å². The van der Waals surface area contributed by atoms with Crippen LogP contribution in [0.1, 0.15) is 30.9 Å². The van der Waals surface area contributed by atoms with Gasteiger partial charge in [-0.25, -0.2) is 4.39 Å². The Bertz CT molecular complexity index is 419. The molecule has 0 radical (unpaired) electrons. The lowest BCUT2D eigenvalue weighted by Crippen LogP contribution is -2.27. The lowest BCUT2D eigenvalue weighted by atomic mass is 9.96. The van der Waals surface area contributed by atoms with Crippen molar-refractivity contribution in [2.75, 3.05) is 13.7 Å². The van der Waals surface area contributed by atoms with Gasteiger partial charge in [0.2, 0.25) is 0 Å². The Labute approximate surface area is 108 Å². The van der Waals surface area contributed by atoms with Crippen LogP contribution in [-0.4, -0.2) is 18.8 Å². The van der Waals surface area contributed by atoms with Crippen molar-refractivity contribution in [3.8, 4) is 11.5 Å². The van der Waals surface area contributed by atoms with E-state index in [9.17, 15) is 9.50 Å². The lowest BCUT2D eigenvalue weighted by molar-refractivity contribution is 0.349. The summed E-state index contributed by atoms with van der Waals surface area (Å²) in [5.41, 5.74) is 0.557. The molecular formula is C12H15BrFNO2. The second kappa shape index (κ2) is 5.23. The molecule has 1 aliphatic rings. The number of nitrogens with one attached hydrogen (secondary N) is 1. The predicted molar refractivity (Wildman–Crippen MR) is 66.9 cm³/mol. The fourth-order valence-electron chi connectivity index (χ4n) is 2.18. The van der Waals surface area contributed by atoms with Crippen molar-refractivity contribution in [3.63, 3.8) is 0 Å². The Kier molecular flexibility index (Phi) is 3.89. The van der Waals surface area contributed by atoms with Crippen LogP contribution in [0.3, 0.4) is 0 Å². The standard InChI is InChI=1S/C12H15BrFNO2/c1-17-9-6-7(14)11(13)10(12(9)16)8-4-2-3-5-15-8/h6,8,15-16H,2-5H2,1H3. The van der Waals surface area contributed by atoms with Gasteiger partial charge in [-0.3, -0.25) is 0 Å². The summed E-state index contributed by atoms with van der Waals surface area (Å²) in [6.07, 6.45) is 3.07. The lowest BCUT2D eigenvalue weighted by Gasteiger charge is -2.26. The van der Waals surface area contributed by atoms with Crippen LogP contribution in [0.4, 0.5) is 4.39 Å². The molecule has 1 aromatic carbocycles. The number of aromatic hydroxyl groups is 1. The number of piperidine rings is 1. The van der Waals surface area contributed by atoms with Gasteiger partial charge >= 0.3 is 0 Å². The number of phenols is 1. The van der Waals surface area contributed by atoms with Gasteiger partial charge in [-0.05, 0) is 35.3 Å². The summed E-state index contributed by atoms with van der Waals surface area (Å²) in [6.45, 7) is 0.884. The molecule has 1 unspecified atom stereocenters. The van der Waals surface area contributed by atoms with Crippen LogP contribution in [0, 0.1) is 5.82 Å². The molecule has 1 aromatic rings. The van der Waals surface area contributed by atoms with Gasteiger partial charge < -0.3 is 15.2 Å². The van der Waals surface area contributed by atoms with Crippen molar-refractivity contribution in [2.45, 2.75) is 25.3 Å². The number of benzene rings is 1. The molecular weight excluding hydrogens is 289 g/mol. The normalized spacial score (nSPS) is 20.3. The third-order valence-corrected chi connectivity index (χ3v) is 3.88. The van der Waals surface area contributed by atoms with E-state index in [-0.39, 0.29) is 17.5 Å². The van der Waals surface area contributed by atoms with Crippen molar-refractivity contribution in [2.24, 2.45) is 0 Å². The zero-order valence-electron chi connectivity index (χ0n) is 9.59. The Balaban J connectivity index is 2.46. The first-order valence-electron chi connectivity index (χ1n) is 5.63. The van der Waals surface area contributed by atoms with Crippen molar-refractivity contribution in [1.29, 1.82) is 0 Å². The molecule has 1 saturated heterocycles. The quantitative estimate of drug-likeness (QED) is 0.882. The Morgan fingerprint density at radius 1 is 1.53 bits per heavy atom. The highest BCUT2D eigenvalue weighted by molar-refractivity contribution is 9.10. The molecule has 0 spiro atoms. The summed E-state index contributed by atoms with van der Waals surface area (Å²) < 4.78 is 19.0. The minimum atomic E-state index is -0.415. The van der Waals surface area contributed by atoms with E-state index in [4.69, 9.17) is 4.74 Å². The molecule has 5 heteroatoms. The highest BCUT2D eigenvalue weighted by Gasteiger charge is 2.25. The highest BCUT2D eigenvalue weighted by atomic mass is 79.9. The van der Waals surface area contributed by atoms with Crippen molar-refractivity contribution in [3.05, 3.63) is 21.9 Å². The fourth-order valence-corrected chi connectivity index (χ4v) is 2.76. The topological polar surface area (TPSA) is 41.5 Å². The van der Waals surface area contributed by atoms with Gasteiger partial charge in [-0.2, -0.15) is 0 Å². The zero-order chi connectivity index (χ0) is 12.4. The maximum absolute atomic E-state index is 13.7. The number of rotatable bonds is 2. The molecule has 0 aromatic heterocycles. The van der Waals surface area contributed by atoms with Crippen LogP contribution in [0.5, 0.6) is 11.5 Å². The van der Waals surface area contributed by atoms with E-state index < -0.39 is 5.82 Å². The SMILES string of the molecule is COc1cc(F)c(Br)c(C2CCCCN2)c1O. The summed E-state index contributed by atoms with van der Waals surface area (Å²) >= 11 is 3.20. The van der Waals surface area contributed by atoms with E-state index in [1.54, 1.807) is 0 Å². The maximum atomic E-state index is 13.7. The molecule has 0 bridgehead atoms. The van der Waals surface area contributed by atoms with Crippen LogP contribution >= 0.6 is 15.9 Å². The number of phenolic OH excluding ortho intramolecular Hbond substituents is 1. The summed E-state index contributed by atoms with van der Waals surface area (Å²) in [7, 11) is 1.42. The average molecular weight is 304 g/mol. The van der Waals surface area contributed by atoms with Crippen LogP contribution in [-0.2, 0) is 0 Å². The van der Waals surface area contributed by atoms with Gasteiger partial charge in [0, 0.05) is 17.7 Å². The van der Waals surface area contributed by atoms with E-state index >= 15 is 0 Å². The minimum Gasteiger partial charge on any atom is -0.504 e. The molecule has 2 N–H and O–H groups in total. The molecule has 1 atom stereocenters. The fraction of sp³-hybridized carbons (Fsp3) is 0.500. The Morgan fingerprint density at radius 3 is 2.88 bits per heavy atom. The van der Waals surface area contributed by atoms with Gasteiger partial charge in [0.1, 0.15) is 5.82 Å². The van der Waals surface area contributed by atoms with E-state index in [2.05, 4.69) is 21.2 Å². The van der Waals surface area contributed by atoms with E-state index in [0.717, 1.165) is 25.8 Å². The number of hydrogen-bond acceptors (Lipinski definition) is 3. The van der Waals surface area contributed by atoms with Crippen molar-refractivity contribution >= 4 is 15.9 Å². The average Bonchev–Trinajstić information content (AvgIpc) is 2.35. The molecule has 17 heavy (non-hydrogen) atoms. The molecule has 0 amide bonds. The van der Waals surface area contributed by atoms with Gasteiger partial charge in [-0.15, -0.1) is 0 Å². The number of methoxy groups -OCH3 is 1. The maximum Gasteiger partial charge on any atom is 0.163 e. The Hall–Kier alpha value is -0.810. The highest BCUT2D eigenvalue weighted by Crippen LogP contribution is 2.42. The molecule has 3 nitrogen and oxygen atoms in total. The molecule has 1 aliphatic heterocycles. The van der Waals surface area contributed by atoms with Crippen LogP contribution in [0.25, 0.3) is 0 Å². The molecule has 94 valence electrons. The summed E-state index contributed by atoms with van der Waals surface area (Å²) in [5, 5.41) is 13.4. The monoisotopic (exact) mass is 303 g/mol. The second-order valence-electron chi connectivity index (χ2n) is 4.14. The minimum absolute atomic E-state index is 0.0141. The van der Waals surface area contributed by atoms with Crippen LogP contribution in [0.2, 0.25) is 0 Å². The molecule has 2 rings (SSSR count). The van der Waals surface area contributed by atoms with Gasteiger partial charge in [0.15, 0.2) is 11.5 Å². The summed E-state index contributed by atoms with van der Waals surface area (Å²) in [4.78, 5) is 0. The van der Waals surface area contributed by atoms with E-state index in [0.29, 0.717) is 10.0 Å². The molecule has 1 heterocycles. The Morgan fingerprint density at radius 2 is 2.29 bits per heavy atom. The third-order valence-electron chi connectivity index (χ3n) is 3.07. The van der Waals surface area contributed by atoms with Crippen molar-refractivity contribution in [1.82, 2.24) is 5.32 Å². The van der Waals surface area contributed by atoms with Gasteiger partial charge in [0.05, 0.1) is 11.6 Å². The zero-order valence-corrected chi connectivity index (χ0v) is 11.2. The summed E-state index contributed by atoms with van der Waals surface area (Å²) in [5.74, 6) is -0.227. The predicted octanol–water partition coefficient (Wildman–Crippen LogP) is 3.12.